The van der Waals surface area contributed by atoms with Crippen LogP contribution in [0.2, 0.25) is 0 Å². The Labute approximate surface area is 101 Å². The molecule has 0 aromatic heterocycles. The molecule has 3 N–H and O–H groups in total. The van der Waals surface area contributed by atoms with E-state index in [9.17, 15) is 4.79 Å². The molecule has 0 aliphatic rings. The van der Waals surface area contributed by atoms with E-state index >= 15 is 0 Å². The Morgan fingerprint density at radius 1 is 1.47 bits per heavy atom. The number of hydrogen-bond acceptors (Lipinski definition) is 6. The number of carbonyl (C=O) groups excluding carboxylic acids is 1. The molecule has 0 spiro atoms. The Kier molecular flexibility index (Phi) is 9.28. The summed E-state index contributed by atoms with van der Waals surface area (Å²) in [5, 5.41) is 8.58. The first kappa shape index (κ1) is 15.8. The third-order valence-corrected chi connectivity index (χ3v) is 2.30. The van der Waals surface area contributed by atoms with E-state index in [1.165, 1.54) is 7.11 Å². The first-order chi connectivity index (χ1) is 8.21. The van der Waals surface area contributed by atoms with Gasteiger partial charge in [-0.1, -0.05) is 0 Å². The number of methoxy groups -OCH3 is 2. The van der Waals surface area contributed by atoms with Gasteiger partial charge in [-0.05, 0) is 0 Å². The van der Waals surface area contributed by atoms with Crippen molar-refractivity contribution in [3.05, 3.63) is 0 Å². The van der Waals surface area contributed by atoms with E-state index in [0.29, 0.717) is 26.1 Å². The van der Waals surface area contributed by atoms with Crippen molar-refractivity contribution >= 4 is 5.91 Å². The first-order valence-electron chi connectivity index (χ1n) is 5.30. The molecule has 0 aromatic carbocycles. The summed E-state index contributed by atoms with van der Waals surface area (Å²) in [5.74, 6) is 4.79. The fourth-order valence-electron chi connectivity index (χ4n) is 1.43. The van der Waals surface area contributed by atoms with Crippen LogP contribution in [0.1, 0.15) is 6.42 Å². The van der Waals surface area contributed by atoms with Crippen LogP contribution < -0.4 is 11.3 Å². The van der Waals surface area contributed by atoms with Crippen molar-refractivity contribution in [3.8, 4) is 6.07 Å². The molecule has 7 heteroatoms. The second-order valence-electron chi connectivity index (χ2n) is 3.42. The summed E-state index contributed by atoms with van der Waals surface area (Å²) in [5.41, 5.74) is 2.10. The molecule has 0 aliphatic carbocycles. The average molecular weight is 244 g/mol. The van der Waals surface area contributed by atoms with Gasteiger partial charge in [-0.3, -0.25) is 15.1 Å². The van der Waals surface area contributed by atoms with Gasteiger partial charge in [0.25, 0.3) is 5.91 Å². The first-order valence-corrected chi connectivity index (χ1v) is 5.30. The molecule has 0 fully saturated rings. The Morgan fingerprint density at radius 3 is 2.65 bits per heavy atom. The van der Waals surface area contributed by atoms with Crippen molar-refractivity contribution in [1.29, 1.82) is 5.26 Å². The van der Waals surface area contributed by atoms with Crippen LogP contribution in [0, 0.1) is 11.3 Å². The van der Waals surface area contributed by atoms with Crippen LogP contribution in [0.15, 0.2) is 0 Å². The number of nitrogens with zero attached hydrogens (tertiary/aromatic N) is 2. The van der Waals surface area contributed by atoms with Gasteiger partial charge in [0.2, 0.25) is 0 Å². The highest BCUT2D eigenvalue weighted by atomic mass is 16.5. The monoisotopic (exact) mass is 244 g/mol. The van der Waals surface area contributed by atoms with E-state index in [4.69, 9.17) is 20.6 Å². The highest BCUT2D eigenvalue weighted by Gasteiger charge is 2.24. The van der Waals surface area contributed by atoms with Crippen LogP contribution in [-0.2, 0) is 14.3 Å². The lowest BCUT2D eigenvalue weighted by Gasteiger charge is -2.28. The third kappa shape index (κ3) is 6.19. The molecule has 1 amide bonds. The van der Waals surface area contributed by atoms with E-state index in [1.54, 1.807) is 7.11 Å². The molecule has 0 radical (unpaired) electrons. The maximum atomic E-state index is 11.6. The molecular weight excluding hydrogens is 224 g/mol. The summed E-state index contributed by atoms with van der Waals surface area (Å²) in [7, 11) is 3.09. The van der Waals surface area contributed by atoms with Crippen molar-refractivity contribution in [1.82, 2.24) is 10.3 Å². The number of nitrogens with two attached hydrogens (primary N) is 1. The van der Waals surface area contributed by atoms with E-state index in [2.05, 4.69) is 5.43 Å². The standard InChI is InChI=1S/C10H20N4O3/c1-16-7-6-14(5-3-4-11)9(8-17-2)10(15)13-12/h9H,3,5-8,12H2,1-2H3,(H,13,15). The Balaban J connectivity index is 4.54. The number of hydrogen-bond donors (Lipinski definition) is 2. The number of carbonyl (C=O) groups is 1. The van der Waals surface area contributed by atoms with Crippen LogP contribution in [0.25, 0.3) is 0 Å². The summed E-state index contributed by atoms with van der Waals surface area (Å²) in [6, 6.07) is 1.54. The van der Waals surface area contributed by atoms with Crippen LogP contribution in [-0.4, -0.2) is 57.4 Å². The molecule has 0 saturated carbocycles. The van der Waals surface area contributed by atoms with Crippen LogP contribution in [0.5, 0.6) is 0 Å². The molecule has 0 aromatic rings. The lowest BCUT2D eigenvalue weighted by Crippen LogP contribution is -2.52. The molecule has 1 atom stereocenters. The van der Waals surface area contributed by atoms with Crippen LogP contribution in [0.4, 0.5) is 0 Å². The number of amides is 1. The van der Waals surface area contributed by atoms with Gasteiger partial charge in [0.05, 0.1) is 19.3 Å². The van der Waals surface area contributed by atoms with Gasteiger partial charge in [0, 0.05) is 33.7 Å². The summed E-state index contributed by atoms with van der Waals surface area (Å²) in [6.45, 7) is 1.71. The zero-order valence-electron chi connectivity index (χ0n) is 10.3. The summed E-state index contributed by atoms with van der Waals surface area (Å²) < 4.78 is 9.95. The maximum Gasteiger partial charge on any atom is 0.253 e. The van der Waals surface area contributed by atoms with Crippen LogP contribution >= 0.6 is 0 Å². The van der Waals surface area contributed by atoms with Crippen molar-refractivity contribution in [2.45, 2.75) is 12.5 Å². The quantitative estimate of drug-likeness (QED) is 0.302. The minimum absolute atomic E-state index is 0.220. The average Bonchev–Trinajstić information content (AvgIpc) is 2.36. The van der Waals surface area contributed by atoms with Gasteiger partial charge < -0.3 is 9.47 Å². The predicted molar refractivity (Wildman–Crippen MR) is 61.7 cm³/mol. The van der Waals surface area contributed by atoms with Gasteiger partial charge in [0.1, 0.15) is 6.04 Å². The number of nitrogens with one attached hydrogen (secondary N) is 1. The molecule has 0 rings (SSSR count). The van der Waals surface area contributed by atoms with Gasteiger partial charge in [-0.2, -0.15) is 5.26 Å². The fourth-order valence-corrected chi connectivity index (χ4v) is 1.43. The molecule has 0 bridgehead atoms. The Hall–Kier alpha value is -1.20. The summed E-state index contributed by atoms with van der Waals surface area (Å²) in [4.78, 5) is 13.4. The van der Waals surface area contributed by atoms with Crippen molar-refractivity contribution in [3.63, 3.8) is 0 Å². The topological polar surface area (TPSA) is 101 Å². The van der Waals surface area contributed by atoms with Gasteiger partial charge in [-0.25, -0.2) is 5.84 Å². The van der Waals surface area contributed by atoms with Crippen molar-refractivity contribution in [2.24, 2.45) is 5.84 Å². The largest absolute Gasteiger partial charge is 0.383 e. The SMILES string of the molecule is COCCN(CCC#N)C(COC)C(=O)NN. The van der Waals surface area contributed by atoms with Crippen molar-refractivity contribution in [2.75, 3.05) is 40.5 Å². The molecule has 98 valence electrons. The zero-order valence-corrected chi connectivity index (χ0v) is 10.3. The number of nitriles is 1. The highest BCUT2D eigenvalue weighted by molar-refractivity contribution is 5.81. The molecular formula is C10H20N4O3. The fraction of sp³-hybridized carbons (Fsp3) is 0.800. The highest BCUT2D eigenvalue weighted by Crippen LogP contribution is 2.02. The lowest BCUT2D eigenvalue weighted by molar-refractivity contribution is -0.128. The second-order valence-corrected chi connectivity index (χ2v) is 3.42. The van der Waals surface area contributed by atoms with Crippen molar-refractivity contribution < 1.29 is 14.3 Å². The molecule has 0 saturated heterocycles. The normalized spacial score (nSPS) is 12.2. The molecule has 0 aliphatic heterocycles. The third-order valence-electron chi connectivity index (χ3n) is 2.30. The number of hydrazine groups is 1. The Bertz CT molecular complexity index is 254. The second kappa shape index (κ2) is 9.99. The zero-order chi connectivity index (χ0) is 13.1. The summed E-state index contributed by atoms with van der Waals surface area (Å²) in [6.07, 6.45) is 0.335. The minimum atomic E-state index is -0.506. The Morgan fingerprint density at radius 2 is 2.18 bits per heavy atom. The number of rotatable bonds is 9. The smallest absolute Gasteiger partial charge is 0.253 e. The lowest BCUT2D eigenvalue weighted by atomic mass is 10.2. The van der Waals surface area contributed by atoms with E-state index in [1.807, 2.05) is 11.0 Å². The van der Waals surface area contributed by atoms with Gasteiger partial charge >= 0.3 is 0 Å². The van der Waals surface area contributed by atoms with E-state index in [0.717, 1.165) is 0 Å². The van der Waals surface area contributed by atoms with E-state index < -0.39 is 6.04 Å². The van der Waals surface area contributed by atoms with E-state index in [-0.39, 0.29) is 12.5 Å². The van der Waals surface area contributed by atoms with Gasteiger partial charge in [0.15, 0.2) is 0 Å². The molecule has 0 heterocycles. The minimum Gasteiger partial charge on any atom is -0.383 e. The number of ether oxygens (including phenoxy) is 2. The van der Waals surface area contributed by atoms with Crippen LogP contribution in [0.3, 0.4) is 0 Å². The molecule has 7 nitrogen and oxygen atoms in total. The summed E-state index contributed by atoms with van der Waals surface area (Å²) >= 11 is 0. The predicted octanol–water partition coefficient (Wildman–Crippen LogP) is -1.15. The molecule has 17 heavy (non-hydrogen) atoms. The maximum absolute atomic E-state index is 11.6. The molecule has 1 unspecified atom stereocenters. The van der Waals surface area contributed by atoms with Gasteiger partial charge in [-0.15, -0.1) is 0 Å².